The van der Waals surface area contributed by atoms with Gasteiger partial charge in [-0.05, 0) is 57.9 Å². The molecule has 2 rings (SSSR count). The molecule has 0 bridgehead atoms. The van der Waals surface area contributed by atoms with Crippen LogP contribution in [0.25, 0.3) is 0 Å². The van der Waals surface area contributed by atoms with E-state index in [0.29, 0.717) is 21.3 Å². The lowest BCUT2D eigenvalue weighted by molar-refractivity contribution is 0.0955. The molecule has 0 fully saturated rings. The molecule has 114 valence electrons. The predicted molar refractivity (Wildman–Crippen MR) is 91.6 cm³/mol. The number of nitrogens with one attached hydrogen (secondary N) is 1. The smallest absolute Gasteiger partial charge is 0.271 e. The van der Waals surface area contributed by atoms with E-state index in [1.807, 2.05) is 0 Å². The van der Waals surface area contributed by atoms with Gasteiger partial charge in [-0.15, -0.1) is 0 Å². The van der Waals surface area contributed by atoms with Crippen LogP contribution in [0.2, 0.25) is 0 Å². The summed E-state index contributed by atoms with van der Waals surface area (Å²) in [6.07, 6.45) is 1.46. The Hall–Kier alpha value is -1.86. The van der Waals surface area contributed by atoms with Crippen molar-refractivity contribution in [3.8, 4) is 11.5 Å². The first-order valence-corrected chi connectivity index (χ1v) is 7.75. The Morgan fingerprint density at radius 2 is 1.95 bits per heavy atom. The van der Waals surface area contributed by atoms with Crippen molar-refractivity contribution in [3.05, 3.63) is 56.5 Å². The van der Waals surface area contributed by atoms with E-state index < -0.39 is 0 Å². The number of ether oxygens (including phenoxy) is 1. The molecule has 0 atom stereocenters. The van der Waals surface area contributed by atoms with Crippen molar-refractivity contribution in [2.75, 3.05) is 7.11 Å². The molecule has 22 heavy (non-hydrogen) atoms. The maximum atomic E-state index is 11.9. The number of hydrogen-bond acceptors (Lipinski definition) is 4. The number of phenols is 1. The summed E-state index contributed by atoms with van der Waals surface area (Å²) in [5.74, 6) is 0.0159. The first-order chi connectivity index (χ1) is 10.5. The van der Waals surface area contributed by atoms with E-state index in [1.165, 1.54) is 13.3 Å². The van der Waals surface area contributed by atoms with Gasteiger partial charge < -0.3 is 9.84 Å². The molecule has 2 N–H and O–H groups in total. The highest BCUT2D eigenvalue weighted by Gasteiger charge is 2.08. The fourth-order valence-corrected chi connectivity index (χ4v) is 2.38. The normalized spacial score (nSPS) is 10.7. The molecule has 0 saturated carbocycles. The molecule has 0 saturated heterocycles. The van der Waals surface area contributed by atoms with Gasteiger partial charge in [0.15, 0.2) is 11.5 Å². The average Bonchev–Trinajstić information content (AvgIpc) is 2.51. The maximum Gasteiger partial charge on any atom is 0.271 e. The van der Waals surface area contributed by atoms with Crippen LogP contribution < -0.4 is 10.2 Å². The highest BCUT2D eigenvalue weighted by Crippen LogP contribution is 2.34. The summed E-state index contributed by atoms with van der Waals surface area (Å²) < 4.78 is 6.42. The molecule has 2 aromatic carbocycles. The summed E-state index contributed by atoms with van der Waals surface area (Å²) in [5, 5.41) is 13.6. The van der Waals surface area contributed by atoms with Crippen molar-refractivity contribution >= 4 is 44.0 Å². The predicted octanol–water partition coefficient (Wildman–Crippen LogP) is 3.69. The zero-order chi connectivity index (χ0) is 16.1. The van der Waals surface area contributed by atoms with E-state index in [0.717, 1.165) is 4.47 Å². The number of carbonyl (C=O) groups excluding carboxylic acids is 1. The number of methoxy groups -OCH3 is 1. The second-order valence-corrected chi connectivity index (χ2v) is 6.03. The van der Waals surface area contributed by atoms with Crippen LogP contribution in [-0.2, 0) is 0 Å². The zero-order valence-electron chi connectivity index (χ0n) is 11.5. The summed E-state index contributed by atoms with van der Waals surface area (Å²) in [6.45, 7) is 0. The van der Waals surface area contributed by atoms with Crippen LogP contribution in [0, 0.1) is 0 Å². The van der Waals surface area contributed by atoms with Gasteiger partial charge in [-0.2, -0.15) is 5.10 Å². The molecular formula is C15H12Br2N2O3. The van der Waals surface area contributed by atoms with Gasteiger partial charge >= 0.3 is 0 Å². The Labute approximate surface area is 144 Å². The number of hydrazone groups is 1. The van der Waals surface area contributed by atoms with Gasteiger partial charge in [0.1, 0.15) is 0 Å². The molecule has 0 aliphatic rings. The second-order valence-electron chi connectivity index (χ2n) is 4.26. The van der Waals surface area contributed by atoms with E-state index >= 15 is 0 Å². The highest BCUT2D eigenvalue weighted by atomic mass is 79.9. The number of halogens is 2. The summed E-state index contributed by atoms with van der Waals surface area (Å²) in [5.41, 5.74) is 3.60. The molecule has 0 aromatic heterocycles. The number of nitrogens with zero attached hydrogens (tertiary/aromatic N) is 1. The molecule has 0 unspecified atom stereocenters. The Balaban J connectivity index is 2.08. The monoisotopic (exact) mass is 426 g/mol. The van der Waals surface area contributed by atoms with E-state index in [2.05, 4.69) is 42.4 Å². The van der Waals surface area contributed by atoms with Crippen LogP contribution in [-0.4, -0.2) is 24.3 Å². The molecule has 0 spiro atoms. The Morgan fingerprint density at radius 3 is 2.59 bits per heavy atom. The molecule has 7 heteroatoms. The first kappa shape index (κ1) is 16.5. The third kappa shape index (κ3) is 4.08. The van der Waals surface area contributed by atoms with Gasteiger partial charge in [0.25, 0.3) is 5.91 Å². The largest absolute Gasteiger partial charge is 0.503 e. The van der Waals surface area contributed by atoms with Gasteiger partial charge in [-0.1, -0.05) is 15.9 Å². The number of carbonyl (C=O) groups is 1. The third-order valence-corrected chi connectivity index (χ3v) is 3.89. The van der Waals surface area contributed by atoms with Crippen molar-refractivity contribution in [2.45, 2.75) is 0 Å². The van der Waals surface area contributed by atoms with Crippen LogP contribution in [0.1, 0.15) is 15.9 Å². The van der Waals surface area contributed by atoms with Crippen LogP contribution in [0.3, 0.4) is 0 Å². The van der Waals surface area contributed by atoms with Gasteiger partial charge in [0.05, 0.1) is 17.8 Å². The maximum absolute atomic E-state index is 11.9. The molecule has 0 aliphatic heterocycles. The molecule has 0 aliphatic carbocycles. The topological polar surface area (TPSA) is 70.9 Å². The summed E-state index contributed by atoms with van der Waals surface area (Å²) in [7, 11) is 1.46. The Kier molecular flexibility index (Phi) is 5.57. The number of amides is 1. The average molecular weight is 428 g/mol. The lowest BCUT2D eigenvalue weighted by Gasteiger charge is -2.06. The van der Waals surface area contributed by atoms with Crippen molar-refractivity contribution in [1.29, 1.82) is 0 Å². The molecule has 1 amide bonds. The minimum Gasteiger partial charge on any atom is -0.503 e. The minimum absolute atomic E-state index is 0.0125. The van der Waals surface area contributed by atoms with Crippen LogP contribution >= 0.6 is 31.9 Å². The van der Waals surface area contributed by atoms with Crippen LogP contribution in [0.15, 0.2) is 50.4 Å². The van der Waals surface area contributed by atoms with Crippen molar-refractivity contribution in [1.82, 2.24) is 5.43 Å². The van der Waals surface area contributed by atoms with Gasteiger partial charge in [0.2, 0.25) is 0 Å². The fourth-order valence-electron chi connectivity index (χ4n) is 1.66. The minimum atomic E-state index is -0.312. The van der Waals surface area contributed by atoms with Gasteiger partial charge in [-0.25, -0.2) is 5.43 Å². The van der Waals surface area contributed by atoms with Crippen molar-refractivity contribution < 1.29 is 14.6 Å². The second kappa shape index (κ2) is 7.42. The van der Waals surface area contributed by atoms with E-state index in [1.54, 1.807) is 36.4 Å². The van der Waals surface area contributed by atoms with Crippen LogP contribution in [0.4, 0.5) is 0 Å². The van der Waals surface area contributed by atoms with Crippen molar-refractivity contribution in [3.63, 3.8) is 0 Å². The molecule has 2 aromatic rings. The molecule has 0 radical (unpaired) electrons. The van der Waals surface area contributed by atoms with Gasteiger partial charge in [-0.3, -0.25) is 4.79 Å². The lowest BCUT2D eigenvalue weighted by atomic mass is 10.2. The first-order valence-electron chi connectivity index (χ1n) is 6.16. The lowest BCUT2D eigenvalue weighted by Crippen LogP contribution is -2.17. The number of aromatic hydroxyl groups is 1. The Morgan fingerprint density at radius 1 is 1.27 bits per heavy atom. The number of hydrogen-bond donors (Lipinski definition) is 2. The summed E-state index contributed by atoms with van der Waals surface area (Å²) >= 11 is 6.52. The summed E-state index contributed by atoms with van der Waals surface area (Å²) in [6, 6.07) is 10.2. The number of benzene rings is 2. The SMILES string of the molecule is COc1cc(/C=N/NC(=O)c2ccc(Br)cc2)cc(Br)c1O. The Bertz CT molecular complexity index is 715. The van der Waals surface area contributed by atoms with Crippen molar-refractivity contribution in [2.24, 2.45) is 5.10 Å². The quantitative estimate of drug-likeness (QED) is 0.577. The van der Waals surface area contributed by atoms with Gasteiger partial charge in [0, 0.05) is 10.0 Å². The fraction of sp³-hybridized carbons (Fsp3) is 0.0667. The highest BCUT2D eigenvalue weighted by molar-refractivity contribution is 9.10. The molecular weight excluding hydrogens is 416 g/mol. The third-order valence-electron chi connectivity index (χ3n) is 2.76. The number of phenolic OH excluding ortho intramolecular Hbond substituents is 1. The zero-order valence-corrected chi connectivity index (χ0v) is 14.7. The standard InChI is InChI=1S/C15H12Br2N2O3/c1-22-13-7-9(6-12(17)14(13)20)8-18-19-15(21)10-2-4-11(16)5-3-10/h2-8,20H,1H3,(H,19,21)/b18-8+. The summed E-state index contributed by atoms with van der Waals surface area (Å²) in [4.78, 5) is 11.9. The van der Waals surface area contributed by atoms with E-state index in [4.69, 9.17) is 4.74 Å². The van der Waals surface area contributed by atoms with E-state index in [9.17, 15) is 9.90 Å². The van der Waals surface area contributed by atoms with E-state index in [-0.39, 0.29) is 11.7 Å². The van der Waals surface area contributed by atoms with Crippen LogP contribution in [0.5, 0.6) is 11.5 Å². The number of rotatable bonds is 4. The molecule has 5 nitrogen and oxygen atoms in total. The molecule has 0 heterocycles.